The van der Waals surface area contributed by atoms with Crippen molar-refractivity contribution in [1.82, 2.24) is 14.5 Å². The Bertz CT molecular complexity index is 494. The minimum atomic E-state index is 0.146. The van der Waals surface area contributed by atoms with Crippen LogP contribution in [0.15, 0.2) is 12.5 Å². The second-order valence-corrected chi connectivity index (χ2v) is 6.91. The summed E-state index contributed by atoms with van der Waals surface area (Å²) in [5.74, 6) is 0.866. The van der Waals surface area contributed by atoms with Gasteiger partial charge in [0.25, 0.3) is 5.91 Å². The van der Waals surface area contributed by atoms with Gasteiger partial charge in [-0.15, -0.1) is 0 Å². The standard InChI is InChI=1S/C17H27N3O/c1-13(2)19-11-15(18-12-19)17(21)20-10-6-5-8-14-7-3-4-9-16(14)20/h11-14,16H,3-10H2,1-2H3/t14-,16-/m1/s1. The van der Waals surface area contributed by atoms with Crippen LogP contribution in [0.4, 0.5) is 0 Å². The molecule has 116 valence electrons. The monoisotopic (exact) mass is 289 g/mol. The minimum absolute atomic E-state index is 0.146. The molecule has 0 N–H and O–H groups in total. The van der Waals surface area contributed by atoms with E-state index in [0.717, 1.165) is 18.9 Å². The van der Waals surface area contributed by atoms with Crippen molar-refractivity contribution in [3.05, 3.63) is 18.2 Å². The van der Waals surface area contributed by atoms with Crippen LogP contribution in [-0.4, -0.2) is 32.9 Å². The van der Waals surface area contributed by atoms with E-state index in [0.29, 0.717) is 17.8 Å². The first-order chi connectivity index (χ1) is 10.2. The summed E-state index contributed by atoms with van der Waals surface area (Å²) in [5, 5.41) is 0. The lowest BCUT2D eigenvalue weighted by Gasteiger charge is -2.38. The largest absolute Gasteiger partial charge is 0.334 e. The number of amides is 1. The molecule has 2 atom stereocenters. The molecule has 2 heterocycles. The fourth-order valence-electron chi connectivity index (χ4n) is 3.92. The predicted octanol–water partition coefficient (Wildman–Crippen LogP) is 3.65. The van der Waals surface area contributed by atoms with Gasteiger partial charge in [-0.25, -0.2) is 4.98 Å². The smallest absolute Gasteiger partial charge is 0.274 e. The maximum atomic E-state index is 12.9. The van der Waals surface area contributed by atoms with Crippen LogP contribution in [0, 0.1) is 5.92 Å². The predicted molar refractivity (Wildman–Crippen MR) is 83.2 cm³/mol. The number of hydrogen-bond acceptors (Lipinski definition) is 2. The van der Waals surface area contributed by atoms with Crippen molar-refractivity contribution in [2.45, 2.75) is 70.9 Å². The molecule has 4 nitrogen and oxygen atoms in total. The number of carbonyl (C=O) groups is 1. The summed E-state index contributed by atoms with van der Waals surface area (Å²) in [6.07, 6.45) is 12.5. The van der Waals surface area contributed by atoms with Crippen LogP contribution < -0.4 is 0 Å². The highest BCUT2D eigenvalue weighted by molar-refractivity contribution is 5.92. The third kappa shape index (κ3) is 2.99. The maximum absolute atomic E-state index is 12.9. The van der Waals surface area contributed by atoms with Crippen molar-refractivity contribution in [2.75, 3.05) is 6.54 Å². The molecule has 0 bridgehead atoms. The first kappa shape index (κ1) is 14.6. The fourth-order valence-corrected chi connectivity index (χ4v) is 3.92. The van der Waals surface area contributed by atoms with Crippen LogP contribution in [0.3, 0.4) is 0 Å². The summed E-state index contributed by atoms with van der Waals surface area (Å²) in [4.78, 5) is 19.4. The Labute approximate surface area is 127 Å². The fraction of sp³-hybridized carbons (Fsp3) is 0.765. The molecule has 0 unspecified atom stereocenters. The maximum Gasteiger partial charge on any atom is 0.274 e. The van der Waals surface area contributed by atoms with Crippen LogP contribution in [0.5, 0.6) is 0 Å². The van der Waals surface area contributed by atoms with Gasteiger partial charge in [-0.2, -0.15) is 0 Å². The first-order valence-corrected chi connectivity index (χ1v) is 8.51. The molecule has 1 aliphatic heterocycles. The number of nitrogens with zero attached hydrogens (tertiary/aromatic N) is 3. The van der Waals surface area contributed by atoms with Crippen molar-refractivity contribution in [2.24, 2.45) is 5.92 Å². The van der Waals surface area contributed by atoms with Crippen molar-refractivity contribution >= 4 is 5.91 Å². The van der Waals surface area contributed by atoms with Gasteiger partial charge in [-0.05, 0) is 45.4 Å². The lowest BCUT2D eigenvalue weighted by molar-refractivity contribution is 0.0563. The van der Waals surface area contributed by atoms with E-state index in [4.69, 9.17) is 0 Å². The molecule has 2 aliphatic rings. The quantitative estimate of drug-likeness (QED) is 0.833. The molecule has 0 spiro atoms. The molecule has 21 heavy (non-hydrogen) atoms. The van der Waals surface area contributed by atoms with Gasteiger partial charge in [0.15, 0.2) is 0 Å². The highest BCUT2D eigenvalue weighted by Gasteiger charge is 2.35. The van der Waals surface area contributed by atoms with Crippen molar-refractivity contribution in [3.63, 3.8) is 0 Å². The number of likely N-dealkylation sites (tertiary alicyclic amines) is 1. The third-order valence-corrected chi connectivity index (χ3v) is 5.17. The number of imidazole rings is 1. The molecule has 1 aromatic rings. The zero-order valence-corrected chi connectivity index (χ0v) is 13.3. The van der Waals surface area contributed by atoms with Gasteiger partial charge >= 0.3 is 0 Å². The lowest BCUT2D eigenvalue weighted by Crippen LogP contribution is -2.45. The molecule has 0 radical (unpaired) electrons. The van der Waals surface area contributed by atoms with Crippen molar-refractivity contribution in [1.29, 1.82) is 0 Å². The molecular weight excluding hydrogens is 262 g/mol. The van der Waals surface area contributed by atoms with Crippen LogP contribution in [0.1, 0.15) is 75.3 Å². The van der Waals surface area contributed by atoms with Gasteiger partial charge in [0.1, 0.15) is 5.69 Å². The Morgan fingerprint density at radius 2 is 1.90 bits per heavy atom. The average molecular weight is 289 g/mol. The van der Waals surface area contributed by atoms with Crippen molar-refractivity contribution < 1.29 is 4.79 Å². The number of rotatable bonds is 2. The molecule has 1 saturated carbocycles. The van der Waals surface area contributed by atoms with Crippen LogP contribution >= 0.6 is 0 Å². The van der Waals surface area contributed by atoms with E-state index in [2.05, 4.69) is 23.7 Å². The summed E-state index contributed by atoms with van der Waals surface area (Å²) < 4.78 is 2.02. The second-order valence-electron chi connectivity index (χ2n) is 6.91. The van der Waals surface area contributed by atoms with E-state index in [1.807, 2.05) is 10.8 Å². The number of hydrogen-bond donors (Lipinski definition) is 0. The van der Waals surface area contributed by atoms with Gasteiger partial charge in [0.2, 0.25) is 0 Å². The molecule has 1 amide bonds. The molecule has 1 aliphatic carbocycles. The Morgan fingerprint density at radius 1 is 1.19 bits per heavy atom. The second kappa shape index (κ2) is 6.20. The summed E-state index contributed by atoms with van der Waals surface area (Å²) in [5.41, 5.74) is 0.620. The lowest BCUT2D eigenvalue weighted by atomic mass is 9.81. The number of aromatic nitrogens is 2. The van der Waals surface area contributed by atoms with Gasteiger partial charge in [0, 0.05) is 24.8 Å². The molecule has 4 heteroatoms. The zero-order chi connectivity index (χ0) is 14.8. The van der Waals surface area contributed by atoms with Crippen LogP contribution in [-0.2, 0) is 0 Å². The summed E-state index contributed by atoms with van der Waals surface area (Å²) in [6.45, 7) is 5.13. The van der Waals surface area contributed by atoms with E-state index in [-0.39, 0.29) is 5.91 Å². The van der Waals surface area contributed by atoms with Gasteiger partial charge in [-0.1, -0.05) is 19.3 Å². The third-order valence-electron chi connectivity index (χ3n) is 5.17. The molecule has 3 rings (SSSR count). The van der Waals surface area contributed by atoms with E-state index in [1.165, 1.54) is 38.5 Å². The number of fused-ring (bicyclic) bond motifs is 1. The van der Waals surface area contributed by atoms with Crippen LogP contribution in [0.25, 0.3) is 0 Å². The van der Waals surface area contributed by atoms with Crippen LogP contribution in [0.2, 0.25) is 0 Å². The topological polar surface area (TPSA) is 38.1 Å². The molecule has 2 fully saturated rings. The Kier molecular flexibility index (Phi) is 4.32. The van der Waals surface area contributed by atoms with Crippen molar-refractivity contribution in [3.8, 4) is 0 Å². The van der Waals surface area contributed by atoms with E-state index >= 15 is 0 Å². The minimum Gasteiger partial charge on any atom is -0.334 e. The highest BCUT2D eigenvalue weighted by Crippen LogP contribution is 2.35. The van der Waals surface area contributed by atoms with Gasteiger partial charge in [-0.3, -0.25) is 4.79 Å². The van der Waals surface area contributed by atoms with E-state index in [1.54, 1.807) is 6.33 Å². The Balaban J connectivity index is 1.80. The molecular formula is C17H27N3O. The average Bonchev–Trinajstić information content (AvgIpc) is 2.88. The zero-order valence-electron chi connectivity index (χ0n) is 13.3. The van der Waals surface area contributed by atoms with E-state index < -0.39 is 0 Å². The normalized spacial score (nSPS) is 26.5. The molecule has 1 saturated heterocycles. The molecule has 0 aromatic carbocycles. The molecule has 1 aromatic heterocycles. The summed E-state index contributed by atoms with van der Waals surface area (Å²) >= 11 is 0. The van der Waals surface area contributed by atoms with Gasteiger partial charge in [0.05, 0.1) is 6.33 Å². The number of carbonyl (C=O) groups excluding carboxylic acids is 1. The van der Waals surface area contributed by atoms with Gasteiger partial charge < -0.3 is 9.47 Å². The van der Waals surface area contributed by atoms with E-state index in [9.17, 15) is 4.79 Å². The Morgan fingerprint density at radius 3 is 2.62 bits per heavy atom. The highest BCUT2D eigenvalue weighted by atomic mass is 16.2. The Hall–Kier alpha value is -1.32. The SMILES string of the molecule is CC(C)n1cnc(C(=O)N2CCCC[C@H]3CCCC[C@H]32)c1. The summed E-state index contributed by atoms with van der Waals surface area (Å²) in [7, 11) is 0. The first-order valence-electron chi connectivity index (χ1n) is 8.51. The summed E-state index contributed by atoms with van der Waals surface area (Å²) in [6, 6.07) is 0.809.